The van der Waals surface area contributed by atoms with Gasteiger partial charge in [0.15, 0.2) is 0 Å². The van der Waals surface area contributed by atoms with Crippen LogP contribution in [0.4, 0.5) is 0 Å². The van der Waals surface area contributed by atoms with Crippen molar-refractivity contribution in [3.8, 4) is 0 Å². The summed E-state index contributed by atoms with van der Waals surface area (Å²) in [6.07, 6.45) is 10.5. The molecule has 0 aromatic heterocycles. The summed E-state index contributed by atoms with van der Waals surface area (Å²) in [6, 6.07) is 0. The highest BCUT2D eigenvalue weighted by molar-refractivity contribution is 5.51. The van der Waals surface area contributed by atoms with Gasteiger partial charge in [-0.25, -0.2) is 0 Å². The summed E-state index contributed by atoms with van der Waals surface area (Å²) in [6.45, 7) is 2.19. The Morgan fingerprint density at radius 1 is 1.20 bits per heavy atom. The standard InChI is InChI=1S/C9H16O/c1-2-3-4-5-6-7-8-9-10/h6-7,9H,2-5,8H2,1H3. The lowest BCUT2D eigenvalue weighted by molar-refractivity contribution is -0.107. The van der Waals surface area contributed by atoms with Gasteiger partial charge in [-0.05, 0) is 12.8 Å². The van der Waals surface area contributed by atoms with Gasteiger partial charge in [-0.1, -0.05) is 31.9 Å². The first-order chi connectivity index (χ1) is 4.91. The minimum Gasteiger partial charge on any atom is -0.303 e. The minimum absolute atomic E-state index is 0.576. The number of unbranched alkanes of at least 4 members (excludes halogenated alkanes) is 3. The molecule has 0 unspecified atom stereocenters. The Morgan fingerprint density at radius 2 is 2.00 bits per heavy atom. The van der Waals surface area contributed by atoms with Gasteiger partial charge in [0, 0.05) is 6.42 Å². The van der Waals surface area contributed by atoms with Crippen molar-refractivity contribution in [2.45, 2.75) is 39.0 Å². The van der Waals surface area contributed by atoms with Crippen LogP contribution in [0.25, 0.3) is 0 Å². The molecule has 0 spiro atoms. The van der Waals surface area contributed by atoms with Gasteiger partial charge in [0.1, 0.15) is 6.29 Å². The Bertz CT molecular complexity index is 94.9. The van der Waals surface area contributed by atoms with E-state index in [9.17, 15) is 4.79 Å². The quantitative estimate of drug-likeness (QED) is 0.315. The Hall–Kier alpha value is -0.590. The molecule has 0 saturated carbocycles. The van der Waals surface area contributed by atoms with Crippen LogP contribution in [-0.4, -0.2) is 6.29 Å². The summed E-state index contributed by atoms with van der Waals surface area (Å²) in [5.41, 5.74) is 0. The first-order valence-electron chi connectivity index (χ1n) is 4.00. The SMILES string of the molecule is CCCCCC=CCC=O. The van der Waals surface area contributed by atoms with Crippen molar-refractivity contribution in [2.24, 2.45) is 0 Å². The highest BCUT2D eigenvalue weighted by Gasteiger charge is 1.80. The molecule has 58 valence electrons. The van der Waals surface area contributed by atoms with E-state index in [2.05, 4.69) is 13.0 Å². The maximum absolute atomic E-state index is 9.84. The van der Waals surface area contributed by atoms with Crippen LogP contribution < -0.4 is 0 Å². The van der Waals surface area contributed by atoms with Crippen LogP contribution in [0.3, 0.4) is 0 Å². The van der Waals surface area contributed by atoms with Crippen molar-refractivity contribution in [2.75, 3.05) is 0 Å². The third-order valence-electron chi connectivity index (χ3n) is 1.37. The van der Waals surface area contributed by atoms with Crippen molar-refractivity contribution in [3.05, 3.63) is 12.2 Å². The molecular weight excluding hydrogens is 124 g/mol. The van der Waals surface area contributed by atoms with Crippen LogP contribution in [-0.2, 0) is 4.79 Å². The van der Waals surface area contributed by atoms with Crippen LogP contribution in [0, 0.1) is 0 Å². The largest absolute Gasteiger partial charge is 0.303 e. The van der Waals surface area contributed by atoms with Crippen molar-refractivity contribution >= 4 is 6.29 Å². The fraction of sp³-hybridized carbons (Fsp3) is 0.667. The predicted octanol–water partition coefficient (Wildman–Crippen LogP) is 2.71. The molecule has 0 radical (unpaired) electrons. The molecule has 0 aromatic rings. The van der Waals surface area contributed by atoms with Crippen LogP contribution >= 0.6 is 0 Å². The topological polar surface area (TPSA) is 17.1 Å². The monoisotopic (exact) mass is 140 g/mol. The Kier molecular flexibility index (Phi) is 7.91. The van der Waals surface area contributed by atoms with Crippen molar-refractivity contribution < 1.29 is 4.79 Å². The highest BCUT2D eigenvalue weighted by atomic mass is 16.1. The first kappa shape index (κ1) is 9.41. The fourth-order valence-electron chi connectivity index (χ4n) is 0.782. The predicted molar refractivity (Wildman–Crippen MR) is 44.0 cm³/mol. The molecule has 0 rings (SSSR count). The second-order valence-corrected chi connectivity index (χ2v) is 2.37. The smallest absolute Gasteiger partial charge is 0.123 e. The van der Waals surface area contributed by atoms with Gasteiger partial charge in [0.25, 0.3) is 0 Å². The van der Waals surface area contributed by atoms with Crippen LogP contribution in [0.2, 0.25) is 0 Å². The summed E-state index contributed by atoms with van der Waals surface area (Å²) >= 11 is 0. The molecule has 1 heteroatoms. The Balaban J connectivity index is 2.94. The second kappa shape index (κ2) is 8.41. The maximum Gasteiger partial charge on any atom is 0.123 e. The Labute approximate surface area is 63.1 Å². The van der Waals surface area contributed by atoms with E-state index in [0.717, 1.165) is 12.7 Å². The zero-order chi connectivity index (χ0) is 7.66. The number of hydrogen-bond acceptors (Lipinski definition) is 1. The Morgan fingerprint density at radius 3 is 2.60 bits per heavy atom. The van der Waals surface area contributed by atoms with Gasteiger partial charge < -0.3 is 4.79 Å². The average molecular weight is 140 g/mol. The first-order valence-corrected chi connectivity index (χ1v) is 4.00. The van der Waals surface area contributed by atoms with Crippen molar-refractivity contribution in [1.29, 1.82) is 0 Å². The van der Waals surface area contributed by atoms with Gasteiger partial charge in [-0.15, -0.1) is 0 Å². The lowest BCUT2D eigenvalue weighted by atomic mass is 10.2. The van der Waals surface area contributed by atoms with Crippen molar-refractivity contribution in [3.63, 3.8) is 0 Å². The summed E-state index contributed by atoms with van der Waals surface area (Å²) in [5.74, 6) is 0. The van der Waals surface area contributed by atoms with Gasteiger partial charge >= 0.3 is 0 Å². The summed E-state index contributed by atoms with van der Waals surface area (Å²) in [4.78, 5) is 9.84. The summed E-state index contributed by atoms with van der Waals surface area (Å²) in [5, 5.41) is 0. The fourth-order valence-corrected chi connectivity index (χ4v) is 0.782. The lowest BCUT2D eigenvalue weighted by Crippen LogP contribution is -1.71. The number of rotatable bonds is 6. The molecule has 0 aliphatic rings. The molecule has 0 bridgehead atoms. The zero-order valence-electron chi connectivity index (χ0n) is 6.68. The maximum atomic E-state index is 9.84. The number of carbonyl (C=O) groups is 1. The number of carbonyl (C=O) groups excluding carboxylic acids is 1. The summed E-state index contributed by atoms with van der Waals surface area (Å²) < 4.78 is 0. The molecule has 0 atom stereocenters. The van der Waals surface area contributed by atoms with E-state index in [4.69, 9.17) is 0 Å². The molecule has 0 aliphatic heterocycles. The van der Waals surface area contributed by atoms with Crippen LogP contribution in [0.1, 0.15) is 39.0 Å². The van der Waals surface area contributed by atoms with Crippen LogP contribution in [0.5, 0.6) is 0 Å². The van der Waals surface area contributed by atoms with E-state index in [-0.39, 0.29) is 0 Å². The lowest BCUT2D eigenvalue weighted by Gasteiger charge is -1.89. The average Bonchev–Trinajstić information content (AvgIpc) is 1.97. The van der Waals surface area contributed by atoms with E-state index >= 15 is 0 Å². The van der Waals surface area contributed by atoms with E-state index in [1.165, 1.54) is 19.3 Å². The molecule has 0 aliphatic carbocycles. The number of allylic oxidation sites excluding steroid dienone is 2. The molecule has 10 heavy (non-hydrogen) atoms. The van der Waals surface area contributed by atoms with E-state index in [0.29, 0.717) is 6.42 Å². The molecule has 0 saturated heterocycles. The third kappa shape index (κ3) is 7.41. The third-order valence-corrected chi connectivity index (χ3v) is 1.37. The number of aldehydes is 1. The number of hydrogen-bond donors (Lipinski definition) is 0. The molecule has 0 heterocycles. The molecule has 0 N–H and O–H groups in total. The van der Waals surface area contributed by atoms with Crippen LogP contribution in [0.15, 0.2) is 12.2 Å². The molecular formula is C9H16O. The van der Waals surface area contributed by atoms with Gasteiger partial charge in [-0.3, -0.25) is 0 Å². The van der Waals surface area contributed by atoms with Crippen molar-refractivity contribution in [1.82, 2.24) is 0 Å². The molecule has 1 nitrogen and oxygen atoms in total. The van der Waals surface area contributed by atoms with Gasteiger partial charge in [0.05, 0.1) is 0 Å². The normalized spacial score (nSPS) is 10.5. The molecule has 0 fully saturated rings. The van der Waals surface area contributed by atoms with E-state index < -0.39 is 0 Å². The highest BCUT2D eigenvalue weighted by Crippen LogP contribution is 1.99. The minimum atomic E-state index is 0.576. The van der Waals surface area contributed by atoms with Gasteiger partial charge in [0.2, 0.25) is 0 Å². The second-order valence-electron chi connectivity index (χ2n) is 2.37. The van der Waals surface area contributed by atoms with Gasteiger partial charge in [-0.2, -0.15) is 0 Å². The van der Waals surface area contributed by atoms with E-state index in [1.54, 1.807) is 0 Å². The molecule has 0 aromatic carbocycles. The summed E-state index contributed by atoms with van der Waals surface area (Å²) in [7, 11) is 0. The van der Waals surface area contributed by atoms with E-state index in [1.807, 2.05) is 6.08 Å². The zero-order valence-corrected chi connectivity index (χ0v) is 6.68. The molecule has 0 amide bonds.